The van der Waals surface area contributed by atoms with Crippen molar-refractivity contribution in [2.45, 2.75) is 0 Å². The van der Waals surface area contributed by atoms with Crippen LogP contribution in [0.5, 0.6) is 6.01 Å². The maximum absolute atomic E-state index is 5.49. The van der Waals surface area contributed by atoms with Gasteiger partial charge in [0.1, 0.15) is 12.1 Å². The van der Waals surface area contributed by atoms with E-state index in [9.17, 15) is 0 Å². The van der Waals surface area contributed by atoms with E-state index in [0.29, 0.717) is 17.5 Å². The van der Waals surface area contributed by atoms with E-state index < -0.39 is 0 Å². The molecule has 6 nitrogen and oxygen atoms in total. The third-order valence-electron chi connectivity index (χ3n) is 1.44. The van der Waals surface area contributed by atoms with Crippen LogP contribution in [0.1, 0.15) is 0 Å². The van der Waals surface area contributed by atoms with E-state index in [4.69, 9.17) is 10.5 Å². The fourth-order valence-corrected chi connectivity index (χ4v) is 0.951. The third-order valence-corrected chi connectivity index (χ3v) is 1.44. The van der Waals surface area contributed by atoms with Crippen LogP contribution in [-0.4, -0.2) is 26.7 Å². The maximum Gasteiger partial charge on any atom is 0.321 e. The molecule has 2 aromatic rings. The number of anilines is 1. The quantitative estimate of drug-likeness (QED) is 0.628. The molecule has 0 aliphatic heterocycles. The van der Waals surface area contributed by atoms with Crippen molar-refractivity contribution in [1.29, 1.82) is 0 Å². The molecule has 0 saturated carbocycles. The number of fused-ring (bicyclic) bond motifs is 1. The second-order valence-corrected chi connectivity index (χ2v) is 2.20. The highest BCUT2D eigenvalue weighted by molar-refractivity contribution is 5.47. The van der Waals surface area contributed by atoms with Gasteiger partial charge in [-0.15, -0.1) is 0 Å². The topological polar surface area (TPSA) is 78.3 Å². The van der Waals surface area contributed by atoms with Crippen LogP contribution in [0.4, 0.5) is 5.82 Å². The number of nitrogens with zero attached hydrogens (tertiary/aromatic N) is 4. The summed E-state index contributed by atoms with van der Waals surface area (Å²) in [6, 6.07) is 1.96. The second kappa shape index (κ2) is 2.33. The van der Waals surface area contributed by atoms with Crippen molar-refractivity contribution >= 4 is 11.5 Å². The molecule has 0 aliphatic rings. The van der Waals surface area contributed by atoms with Crippen LogP contribution in [0.3, 0.4) is 0 Å². The normalized spacial score (nSPS) is 10.4. The fourth-order valence-electron chi connectivity index (χ4n) is 0.951. The average Bonchev–Trinajstić information content (AvgIpc) is 2.50. The SMILES string of the molecule is COc1nc(N)cc2ncnn12. The lowest BCUT2D eigenvalue weighted by molar-refractivity contribution is 0.368. The van der Waals surface area contributed by atoms with Crippen molar-refractivity contribution in [2.75, 3.05) is 12.8 Å². The first-order chi connectivity index (χ1) is 5.81. The Kier molecular flexibility index (Phi) is 1.33. The Morgan fingerprint density at radius 3 is 3.17 bits per heavy atom. The van der Waals surface area contributed by atoms with E-state index in [2.05, 4.69) is 15.1 Å². The van der Waals surface area contributed by atoms with Crippen LogP contribution in [0, 0.1) is 0 Å². The molecule has 2 aromatic heterocycles. The molecule has 0 aromatic carbocycles. The second-order valence-electron chi connectivity index (χ2n) is 2.20. The molecule has 0 fully saturated rings. The molecule has 0 amide bonds. The number of aromatic nitrogens is 4. The molecule has 2 rings (SSSR count). The van der Waals surface area contributed by atoms with Gasteiger partial charge in [-0.3, -0.25) is 0 Å². The zero-order valence-corrected chi connectivity index (χ0v) is 6.43. The van der Waals surface area contributed by atoms with Gasteiger partial charge in [0.2, 0.25) is 0 Å². The summed E-state index contributed by atoms with van der Waals surface area (Å²) in [6.45, 7) is 0. The Balaban J connectivity index is 2.80. The molecule has 62 valence electrons. The van der Waals surface area contributed by atoms with E-state index >= 15 is 0 Å². The van der Waals surface area contributed by atoms with Crippen molar-refractivity contribution in [3.8, 4) is 6.01 Å². The first-order valence-corrected chi connectivity index (χ1v) is 3.31. The summed E-state index contributed by atoms with van der Waals surface area (Å²) >= 11 is 0. The number of nitrogen functional groups attached to an aromatic ring is 1. The molecule has 2 N–H and O–H groups in total. The van der Waals surface area contributed by atoms with E-state index in [1.807, 2.05) is 0 Å². The van der Waals surface area contributed by atoms with Crippen LogP contribution >= 0.6 is 0 Å². The molecular formula is C6H7N5O. The molecule has 0 atom stereocenters. The third kappa shape index (κ3) is 0.849. The van der Waals surface area contributed by atoms with Gasteiger partial charge in [0.25, 0.3) is 0 Å². The lowest BCUT2D eigenvalue weighted by Crippen LogP contribution is -2.01. The summed E-state index contributed by atoms with van der Waals surface area (Å²) in [4.78, 5) is 7.85. The number of rotatable bonds is 1. The Hall–Kier alpha value is -1.85. The summed E-state index contributed by atoms with van der Waals surface area (Å²) in [5.41, 5.74) is 6.11. The van der Waals surface area contributed by atoms with E-state index in [-0.39, 0.29) is 0 Å². The van der Waals surface area contributed by atoms with Gasteiger partial charge in [0.05, 0.1) is 7.11 Å². The highest BCUT2D eigenvalue weighted by Crippen LogP contribution is 2.11. The highest BCUT2D eigenvalue weighted by Gasteiger charge is 2.04. The largest absolute Gasteiger partial charge is 0.467 e. The molecule has 0 radical (unpaired) electrons. The lowest BCUT2D eigenvalue weighted by Gasteiger charge is -2.00. The predicted molar refractivity (Wildman–Crippen MR) is 41.7 cm³/mol. The van der Waals surface area contributed by atoms with Gasteiger partial charge in [-0.1, -0.05) is 0 Å². The lowest BCUT2D eigenvalue weighted by atomic mass is 10.6. The van der Waals surface area contributed by atoms with Gasteiger partial charge in [-0.2, -0.15) is 14.6 Å². The van der Waals surface area contributed by atoms with Gasteiger partial charge in [-0.05, 0) is 0 Å². The van der Waals surface area contributed by atoms with Gasteiger partial charge in [-0.25, -0.2) is 4.98 Å². The minimum atomic E-state index is 0.336. The Labute approximate surface area is 68.0 Å². The standard InChI is InChI=1S/C6H7N5O/c1-12-6-10-4(7)2-5-8-3-9-11(5)6/h2-3H,7H2,1H3. The Bertz CT molecular complexity index is 409. The van der Waals surface area contributed by atoms with Crippen molar-refractivity contribution in [3.63, 3.8) is 0 Å². The van der Waals surface area contributed by atoms with Crippen LogP contribution < -0.4 is 10.5 Å². The molecular weight excluding hydrogens is 158 g/mol. The number of ether oxygens (including phenoxy) is 1. The highest BCUT2D eigenvalue weighted by atomic mass is 16.5. The molecule has 6 heteroatoms. The van der Waals surface area contributed by atoms with Crippen molar-refractivity contribution in [2.24, 2.45) is 0 Å². The summed E-state index contributed by atoms with van der Waals surface area (Å²) < 4.78 is 6.40. The first kappa shape index (κ1) is 6.84. The zero-order chi connectivity index (χ0) is 8.55. The average molecular weight is 165 g/mol. The molecule has 0 aliphatic carbocycles. The first-order valence-electron chi connectivity index (χ1n) is 3.31. The fraction of sp³-hybridized carbons (Fsp3) is 0.167. The van der Waals surface area contributed by atoms with Gasteiger partial charge in [0, 0.05) is 6.07 Å². The molecule has 2 heterocycles. The molecule has 12 heavy (non-hydrogen) atoms. The molecule has 0 spiro atoms. The van der Waals surface area contributed by atoms with Gasteiger partial charge >= 0.3 is 6.01 Å². The van der Waals surface area contributed by atoms with Crippen LogP contribution in [0.25, 0.3) is 5.65 Å². The summed E-state index contributed by atoms with van der Waals surface area (Å²) in [6.07, 6.45) is 1.42. The monoisotopic (exact) mass is 165 g/mol. The molecule has 0 saturated heterocycles. The van der Waals surface area contributed by atoms with Crippen LogP contribution in [-0.2, 0) is 0 Å². The van der Waals surface area contributed by atoms with Gasteiger partial charge < -0.3 is 10.5 Å². The number of methoxy groups -OCH3 is 1. The van der Waals surface area contributed by atoms with Crippen molar-refractivity contribution in [1.82, 2.24) is 19.6 Å². The minimum absolute atomic E-state index is 0.336. The van der Waals surface area contributed by atoms with E-state index in [1.165, 1.54) is 18.0 Å². The molecule has 0 bridgehead atoms. The number of hydrogen-bond acceptors (Lipinski definition) is 5. The van der Waals surface area contributed by atoms with Crippen molar-refractivity contribution in [3.05, 3.63) is 12.4 Å². The Morgan fingerprint density at radius 1 is 1.58 bits per heavy atom. The van der Waals surface area contributed by atoms with Gasteiger partial charge in [0.15, 0.2) is 5.65 Å². The van der Waals surface area contributed by atoms with Crippen LogP contribution in [0.15, 0.2) is 12.4 Å². The summed E-state index contributed by atoms with van der Waals surface area (Å²) in [7, 11) is 1.50. The number of hydrogen-bond donors (Lipinski definition) is 1. The Morgan fingerprint density at radius 2 is 2.42 bits per heavy atom. The smallest absolute Gasteiger partial charge is 0.321 e. The predicted octanol–water partition coefficient (Wildman–Crippen LogP) is -0.285. The zero-order valence-electron chi connectivity index (χ0n) is 6.43. The maximum atomic E-state index is 5.49. The van der Waals surface area contributed by atoms with E-state index in [0.717, 1.165) is 0 Å². The summed E-state index contributed by atoms with van der Waals surface area (Å²) in [5.74, 6) is 0.368. The van der Waals surface area contributed by atoms with Crippen LogP contribution in [0.2, 0.25) is 0 Å². The number of nitrogens with two attached hydrogens (primary N) is 1. The summed E-state index contributed by atoms with van der Waals surface area (Å²) in [5, 5.41) is 3.89. The minimum Gasteiger partial charge on any atom is -0.467 e. The van der Waals surface area contributed by atoms with E-state index in [1.54, 1.807) is 6.07 Å². The van der Waals surface area contributed by atoms with Crippen molar-refractivity contribution < 1.29 is 4.74 Å². The molecule has 0 unspecified atom stereocenters.